The molecule has 0 bridgehead atoms. The molecule has 0 spiro atoms. The molecule has 1 aliphatic heterocycles. The molecule has 6 heteroatoms. The molecule has 1 heterocycles. The fourth-order valence-corrected chi connectivity index (χ4v) is 2.45. The number of nitrogens with zero attached hydrogens (tertiary/aromatic N) is 2. The van der Waals surface area contributed by atoms with Crippen LogP contribution in [0, 0.1) is 10.1 Å². The molecule has 0 unspecified atom stereocenters. The van der Waals surface area contributed by atoms with Crippen LogP contribution in [0.25, 0.3) is 0 Å². The van der Waals surface area contributed by atoms with Gasteiger partial charge in [0.1, 0.15) is 0 Å². The van der Waals surface area contributed by atoms with Crippen LogP contribution in [0.5, 0.6) is 5.75 Å². The molecule has 6 nitrogen and oxygen atoms in total. The van der Waals surface area contributed by atoms with Crippen molar-refractivity contribution in [3.63, 3.8) is 0 Å². The highest BCUT2D eigenvalue weighted by Crippen LogP contribution is 2.34. The summed E-state index contributed by atoms with van der Waals surface area (Å²) in [6, 6.07) is 4.95. The topological polar surface area (TPSA) is 75.8 Å². The molecule has 0 radical (unpaired) electrons. The number of piperidine rings is 1. The first-order valence-corrected chi connectivity index (χ1v) is 7.21. The third kappa shape index (κ3) is 3.85. The van der Waals surface area contributed by atoms with Gasteiger partial charge in [-0.1, -0.05) is 0 Å². The van der Waals surface area contributed by atoms with Gasteiger partial charge >= 0.3 is 5.69 Å². The van der Waals surface area contributed by atoms with Gasteiger partial charge in [0, 0.05) is 30.9 Å². The Hall–Kier alpha value is -1.82. The lowest BCUT2D eigenvalue weighted by atomic mass is 9.93. The summed E-state index contributed by atoms with van der Waals surface area (Å²) >= 11 is 0. The molecule has 0 aliphatic carbocycles. The summed E-state index contributed by atoms with van der Waals surface area (Å²) in [6.07, 6.45) is 1.25. The van der Waals surface area contributed by atoms with Crippen molar-refractivity contribution in [2.45, 2.75) is 45.3 Å². The van der Waals surface area contributed by atoms with E-state index in [4.69, 9.17) is 4.74 Å². The summed E-state index contributed by atoms with van der Waals surface area (Å²) in [5.74, 6) is 0.296. The number of hydrogen-bond acceptors (Lipinski definition) is 5. The van der Waals surface area contributed by atoms with E-state index in [-0.39, 0.29) is 11.8 Å². The van der Waals surface area contributed by atoms with Crippen LogP contribution in [0.2, 0.25) is 0 Å². The Morgan fingerprint density at radius 1 is 1.38 bits per heavy atom. The summed E-state index contributed by atoms with van der Waals surface area (Å²) in [7, 11) is 0. The van der Waals surface area contributed by atoms with Gasteiger partial charge in [0.2, 0.25) is 0 Å². The fraction of sp³-hybridized carbons (Fsp3) is 0.600. The summed E-state index contributed by atoms with van der Waals surface area (Å²) in [5.41, 5.74) is 0.261. The largest absolute Gasteiger partial charge is 0.484 e. The first kappa shape index (κ1) is 15.6. The van der Waals surface area contributed by atoms with Gasteiger partial charge in [0.05, 0.1) is 16.6 Å². The maximum atomic E-state index is 11.1. The van der Waals surface area contributed by atoms with E-state index in [1.54, 1.807) is 12.1 Å². The van der Waals surface area contributed by atoms with Crippen LogP contribution in [0.15, 0.2) is 18.2 Å². The molecule has 0 amide bonds. The van der Waals surface area contributed by atoms with Crippen molar-refractivity contribution >= 4 is 11.4 Å². The van der Waals surface area contributed by atoms with Crippen molar-refractivity contribution in [3.8, 4) is 5.75 Å². The van der Waals surface area contributed by atoms with Crippen LogP contribution in [-0.4, -0.2) is 34.8 Å². The molecule has 1 N–H and O–H groups in total. The Morgan fingerprint density at radius 2 is 2.00 bits per heavy atom. The smallest absolute Gasteiger partial charge is 0.311 e. The highest BCUT2D eigenvalue weighted by atomic mass is 16.6. The molecule has 0 atom stereocenters. The Balaban J connectivity index is 2.23. The van der Waals surface area contributed by atoms with E-state index in [0.29, 0.717) is 18.6 Å². The van der Waals surface area contributed by atoms with Gasteiger partial charge in [0.15, 0.2) is 5.75 Å². The van der Waals surface area contributed by atoms with Crippen molar-refractivity contribution < 1.29 is 14.8 Å². The first-order chi connectivity index (χ1) is 9.78. The Morgan fingerprint density at radius 3 is 2.52 bits per heavy atom. The number of benzene rings is 1. The minimum Gasteiger partial charge on any atom is -0.484 e. The molecular weight excluding hydrogens is 272 g/mol. The quantitative estimate of drug-likeness (QED) is 0.682. The van der Waals surface area contributed by atoms with Crippen molar-refractivity contribution in [1.82, 2.24) is 0 Å². The van der Waals surface area contributed by atoms with E-state index in [2.05, 4.69) is 4.90 Å². The number of ether oxygens (including phenoxy) is 1. The van der Waals surface area contributed by atoms with Crippen LogP contribution in [0.3, 0.4) is 0 Å². The minimum atomic E-state index is -0.617. The molecule has 21 heavy (non-hydrogen) atoms. The predicted molar refractivity (Wildman–Crippen MR) is 80.9 cm³/mol. The van der Waals surface area contributed by atoms with Crippen molar-refractivity contribution in [2.24, 2.45) is 0 Å². The molecule has 1 aromatic rings. The van der Waals surface area contributed by atoms with Crippen molar-refractivity contribution in [2.75, 3.05) is 18.0 Å². The van der Waals surface area contributed by atoms with Crippen molar-refractivity contribution in [3.05, 3.63) is 28.3 Å². The summed E-state index contributed by atoms with van der Waals surface area (Å²) in [6.45, 7) is 6.98. The maximum absolute atomic E-state index is 11.1. The zero-order valence-electron chi connectivity index (χ0n) is 12.7. The lowest BCUT2D eigenvalue weighted by Gasteiger charge is -2.37. The summed E-state index contributed by atoms with van der Waals surface area (Å²) in [4.78, 5) is 12.7. The molecule has 0 saturated carbocycles. The van der Waals surface area contributed by atoms with E-state index in [9.17, 15) is 15.2 Å². The van der Waals surface area contributed by atoms with Gasteiger partial charge in [0.25, 0.3) is 0 Å². The number of hydrogen-bond donors (Lipinski definition) is 1. The van der Waals surface area contributed by atoms with Gasteiger partial charge in [-0.05, 0) is 39.7 Å². The van der Waals surface area contributed by atoms with Gasteiger partial charge in [-0.25, -0.2) is 0 Å². The number of nitro groups is 1. The number of rotatable bonds is 4. The second-order valence-corrected chi connectivity index (χ2v) is 6.06. The van der Waals surface area contributed by atoms with Gasteiger partial charge in [-0.3, -0.25) is 10.1 Å². The van der Waals surface area contributed by atoms with Crippen molar-refractivity contribution in [1.29, 1.82) is 0 Å². The number of nitro benzene ring substituents is 1. The average molecular weight is 294 g/mol. The molecule has 0 aromatic heterocycles. The molecule has 116 valence electrons. The maximum Gasteiger partial charge on any atom is 0.311 e. The van der Waals surface area contributed by atoms with Gasteiger partial charge in [-0.15, -0.1) is 0 Å². The van der Waals surface area contributed by atoms with Crippen LogP contribution in [0.4, 0.5) is 11.4 Å². The van der Waals surface area contributed by atoms with Gasteiger partial charge < -0.3 is 14.7 Å². The molecule has 1 aromatic carbocycles. The van der Waals surface area contributed by atoms with Crippen LogP contribution in [0.1, 0.15) is 33.6 Å². The van der Waals surface area contributed by atoms with E-state index in [0.717, 1.165) is 18.8 Å². The highest BCUT2D eigenvalue weighted by Gasteiger charge is 2.28. The zero-order valence-corrected chi connectivity index (χ0v) is 12.7. The van der Waals surface area contributed by atoms with Crippen LogP contribution >= 0.6 is 0 Å². The molecule has 1 aliphatic rings. The number of anilines is 1. The van der Waals surface area contributed by atoms with E-state index in [1.807, 2.05) is 20.8 Å². The third-order valence-electron chi connectivity index (χ3n) is 3.71. The fourth-order valence-electron chi connectivity index (χ4n) is 2.45. The SMILES string of the molecule is CC(C)Oc1cc(N2CCC(C)(O)CC2)ccc1[N+](=O)[O-]. The van der Waals surface area contributed by atoms with E-state index >= 15 is 0 Å². The summed E-state index contributed by atoms with van der Waals surface area (Å²) in [5, 5.41) is 21.0. The summed E-state index contributed by atoms with van der Waals surface area (Å²) < 4.78 is 5.56. The Kier molecular flexibility index (Phi) is 4.37. The van der Waals surface area contributed by atoms with Crippen LogP contribution in [-0.2, 0) is 0 Å². The average Bonchev–Trinajstić information content (AvgIpc) is 2.37. The minimum absolute atomic E-state index is 0.0172. The lowest BCUT2D eigenvalue weighted by molar-refractivity contribution is -0.386. The molecular formula is C15H22N2O4. The Bertz CT molecular complexity index is 518. The van der Waals surface area contributed by atoms with E-state index in [1.165, 1.54) is 6.07 Å². The zero-order chi connectivity index (χ0) is 15.6. The third-order valence-corrected chi connectivity index (χ3v) is 3.71. The Labute approximate surface area is 124 Å². The highest BCUT2D eigenvalue weighted by molar-refractivity contribution is 5.59. The van der Waals surface area contributed by atoms with E-state index < -0.39 is 10.5 Å². The monoisotopic (exact) mass is 294 g/mol. The first-order valence-electron chi connectivity index (χ1n) is 7.21. The second kappa shape index (κ2) is 5.89. The molecule has 1 saturated heterocycles. The molecule has 1 fully saturated rings. The standard InChI is InChI=1S/C15H22N2O4/c1-11(2)21-14-10-12(4-5-13(14)17(19)20)16-8-6-15(3,18)7-9-16/h4-5,10-11,18H,6-9H2,1-3H3. The number of aliphatic hydroxyl groups is 1. The van der Waals surface area contributed by atoms with Crippen LogP contribution < -0.4 is 9.64 Å². The van der Waals surface area contributed by atoms with Gasteiger partial charge in [-0.2, -0.15) is 0 Å². The predicted octanol–water partition coefficient (Wildman–Crippen LogP) is 2.73. The normalized spacial score (nSPS) is 17.9. The molecule has 2 rings (SSSR count). The second-order valence-electron chi connectivity index (χ2n) is 6.06. The lowest BCUT2D eigenvalue weighted by Crippen LogP contribution is -2.42.